The van der Waals surface area contributed by atoms with Gasteiger partial charge in [0.05, 0.1) is 47.8 Å². The number of carboxylic acids is 1. The first-order valence-corrected chi connectivity index (χ1v) is 24.0. The van der Waals surface area contributed by atoms with Gasteiger partial charge in [-0.05, 0) is 101 Å². The van der Waals surface area contributed by atoms with Crippen LogP contribution in [0, 0.1) is 41.4 Å². The molecule has 1 aromatic carbocycles. The van der Waals surface area contributed by atoms with Crippen molar-refractivity contribution in [2.45, 2.75) is 199 Å². The fourth-order valence-electron chi connectivity index (χ4n) is 11.6. The van der Waals surface area contributed by atoms with Gasteiger partial charge in [0.1, 0.15) is 11.8 Å². The Morgan fingerprint density at radius 3 is 2.22 bits per heavy atom. The van der Waals surface area contributed by atoms with Crippen LogP contribution in [0.3, 0.4) is 0 Å². The molecule has 4 fully saturated rings. The molecule has 0 radical (unpaired) electrons. The van der Waals surface area contributed by atoms with Crippen molar-refractivity contribution in [3.63, 3.8) is 0 Å². The summed E-state index contributed by atoms with van der Waals surface area (Å²) in [6.07, 6.45) is 9.48. The molecule has 13 heteroatoms. The van der Waals surface area contributed by atoms with Crippen LogP contribution in [-0.2, 0) is 38.1 Å². The number of rotatable bonds is 15. The number of Topliss-reactive ketones (excluding diaryl/α,β-unsaturated/α-hetero) is 1. The van der Waals surface area contributed by atoms with E-state index in [-0.39, 0.29) is 65.1 Å². The van der Waals surface area contributed by atoms with Crippen molar-refractivity contribution in [1.82, 2.24) is 5.32 Å². The number of amides is 1. The minimum Gasteiger partial charge on any atom is -0.550 e. The van der Waals surface area contributed by atoms with E-state index in [0.717, 1.165) is 12.0 Å². The number of benzene rings is 1. The summed E-state index contributed by atoms with van der Waals surface area (Å²) in [5.41, 5.74) is -0.838. The van der Waals surface area contributed by atoms with E-state index in [0.29, 0.717) is 57.8 Å². The Morgan fingerprint density at radius 1 is 0.906 bits per heavy atom. The van der Waals surface area contributed by atoms with Gasteiger partial charge >= 0.3 is 29.6 Å². The van der Waals surface area contributed by atoms with E-state index < -0.39 is 89.0 Å². The number of aliphatic hydroxyl groups is 2. The summed E-state index contributed by atoms with van der Waals surface area (Å²) in [7, 11) is 0. The van der Waals surface area contributed by atoms with Crippen molar-refractivity contribution >= 4 is 23.7 Å². The van der Waals surface area contributed by atoms with Crippen LogP contribution in [0.25, 0.3) is 6.08 Å². The predicted octanol–water partition coefficient (Wildman–Crippen LogP) is 3.69. The van der Waals surface area contributed by atoms with E-state index in [1.807, 2.05) is 84.0 Å². The molecule has 4 saturated heterocycles. The number of nitrogens with one attached hydrogen (secondary N) is 1. The molecule has 0 saturated carbocycles. The monoisotopic (exact) mass is 902 g/mol. The second-order valence-corrected chi connectivity index (χ2v) is 20.2. The van der Waals surface area contributed by atoms with Crippen LogP contribution in [0.2, 0.25) is 0 Å². The number of carbonyl (C=O) groups excluding carboxylic acids is 3. The number of hydrogen-bond acceptors (Lipinski definition) is 11. The Labute approximate surface area is 404 Å². The van der Waals surface area contributed by atoms with Crippen LogP contribution in [0.5, 0.6) is 0 Å². The molecule has 18 atom stereocenters. The molecular formula is C51H76NNaO11. The van der Waals surface area contributed by atoms with Gasteiger partial charge in [-0.25, -0.2) is 0 Å². The van der Waals surface area contributed by atoms with Gasteiger partial charge in [-0.1, -0.05) is 91.8 Å². The second kappa shape index (κ2) is 21.5. The van der Waals surface area contributed by atoms with Crippen LogP contribution in [-0.4, -0.2) is 93.3 Å². The summed E-state index contributed by atoms with van der Waals surface area (Å²) in [5.74, 6) is -6.81. The molecule has 1 aromatic rings. The average molecular weight is 902 g/mol. The van der Waals surface area contributed by atoms with Gasteiger partial charge < -0.3 is 49.1 Å². The zero-order valence-corrected chi connectivity index (χ0v) is 42.4. The maximum atomic E-state index is 14.7. The zero-order valence-electron chi connectivity index (χ0n) is 40.4. The van der Waals surface area contributed by atoms with E-state index in [1.54, 1.807) is 13.0 Å². The normalized spacial score (nSPS) is 40.0. The molecule has 12 nitrogen and oxygen atoms in total. The number of aliphatic carboxylic acids is 1. The van der Waals surface area contributed by atoms with Crippen molar-refractivity contribution < 1.29 is 82.9 Å². The van der Waals surface area contributed by atoms with Gasteiger partial charge in [-0.3, -0.25) is 9.59 Å². The summed E-state index contributed by atoms with van der Waals surface area (Å²) >= 11 is 0. The first-order chi connectivity index (χ1) is 29.8. The van der Waals surface area contributed by atoms with Crippen molar-refractivity contribution in [3.8, 4) is 0 Å². The Bertz CT molecular complexity index is 1810. The largest absolute Gasteiger partial charge is 1.00 e. The van der Waals surface area contributed by atoms with Crippen LogP contribution in [0.4, 0.5) is 0 Å². The maximum Gasteiger partial charge on any atom is 1.00 e. The molecule has 0 aromatic heterocycles. The number of carboxylic acid groups (broad SMARTS) is 1. The Morgan fingerprint density at radius 2 is 1.59 bits per heavy atom. The third kappa shape index (κ3) is 10.8. The maximum absolute atomic E-state index is 14.7. The fraction of sp³-hybridized carbons (Fsp3) is 0.745. The molecule has 1 amide bonds. The minimum atomic E-state index is -1.35. The van der Waals surface area contributed by atoms with Gasteiger partial charge in [-0.2, -0.15) is 0 Å². The van der Waals surface area contributed by atoms with Crippen LogP contribution >= 0.6 is 0 Å². The number of ether oxygens (including phenoxy) is 5. The van der Waals surface area contributed by atoms with Crippen LogP contribution in [0.15, 0.2) is 48.6 Å². The molecule has 2 spiro atoms. The first-order valence-electron chi connectivity index (χ1n) is 24.0. The van der Waals surface area contributed by atoms with Gasteiger partial charge in [-0.15, -0.1) is 0 Å². The van der Waals surface area contributed by atoms with Crippen LogP contribution < -0.4 is 40.0 Å². The van der Waals surface area contributed by atoms with Crippen molar-refractivity contribution in [1.29, 1.82) is 0 Å². The molecule has 6 rings (SSSR count). The molecule has 0 aliphatic carbocycles. The quantitative estimate of drug-likeness (QED) is 0.133. The summed E-state index contributed by atoms with van der Waals surface area (Å²) in [6, 6.07) is 8.91. The first kappa shape index (κ1) is 53.0. The molecule has 5 aliphatic heterocycles. The Kier molecular flexibility index (Phi) is 17.8. The molecule has 5 heterocycles. The topological polar surface area (TPSA) is 173 Å². The third-order valence-corrected chi connectivity index (χ3v) is 16.0. The van der Waals surface area contributed by atoms with E-state index in [4.69, 9.17) is 23.7 Å². The predicted molar refractivity (Wildman–Crippen MR) is 237 cm³/mol. The van der Waals surface area contributed by atoms with Gasteiger partial charge in [0.15, 0.2) is 11.6 Å². The number of ketones is 1. The summed E-state index contributed by atoms with van der Waals surface area (Å²) in [6.45, 7) is 19.6. The summed E-state index contributed by atoms with van der Waals surface area (Å²) < 4.78 is 34.6. The van der Waals surface area contributed by atoms with Crippen molar-refractivity contribution in [3.05, 3.63) is 54.1 Å². The molecule has 352 valence electrons. The average Bonchev–Trinajstić information content (AvgIpc) is 3.60. The van der Waals surface area contributed by atoms with Gasteiger partial charge in [0.2, 0.25) is 5.91 Å². The Balaban J connectivity index is 0.00000771. The Hall–Kier alpha value is -1.97. The molecule has 0 bridgehead atoms. The van der Waals surface area contributed by atoms with E-state index in [9.17, 15) is 29.7 Å². The van der Waals surface area contributed by atoms with Gasteiger partial charge in [0, 0.05) is 48.1 Å². The smallest absolute Gasteiger partial charge is 0.550 e. The fourth-order valence-corrected chi connectivity index (χ4v) is 11.6. The molecule has 0 unspecified atom stereocenters. The van der Waals surface area contributed by atoms with Crippen LogP contribution in [0.1, 0.15) is 139 Å². The van der Waals surface area contributed by atoms with Gasteiger partial charge in [0.25, 0.3) is 0 Å². The number of carbonyl (C=O) groups is 3. The standard InChI is InChI=1S/C51H77NO11.Na/c1-11-37(47(56)57)39-21-19-30(4)45(60-39)34(8)43(54)33(7)44(55)38(12-2)46-31(5)29-32(6)50(61-46)26-23-40(52-42(53)22-20-36-17-15-14-16-18-36)51(63-50)28-27-48(10,62-51)41-24-25-49(58,13-3)35(9)59-41;/h14-18,20,22-23,26,30-35,37-41,43,45-46,54,58H,11-13,19,21,24-25,27-29H2,1-10H3,(H,52,53)(H,56,57);/q;+1/p-1/b22-20+;/t30-,31-,32+,33-,34-,35-,37+,38-,39+,40-,41+,43+,45+,46-,48-,49+,50-,51-;/m0./s1. The molecule has 3 N–H and O–H groups in total. The van der Waals surface area contributed by atoms with E-state index in [2.05, 4.69) is 26.1 Å². The molecular weight excluding hydrogens is 826 g/mol. The summed E-state index contributed by atoms with van der Waals surface area (Å²) in [4.78, 5) is 40.2. The minimum absolute atomic E-state index is 0. The molecule has 5 aliphatic rings. The summed E-state index contributed by atoms with van der Waals surface area (Å²) in [5, 5.41) is 38.2. The SMILES string of the molecule is CC[C@@H](C(=O)[C@@H](C)[C@@H](O)[C@H](C)[C@@H]1O[C@@H]([C@@H](CC)C(=O)[O-])CC[C@@H]1C)[C@H]1O[C@]2(C=C[C@H](NC(=O)/C=C/c3ccccc3)[C@]3(CC[C@@](C)([C@H]4CC[C@](O)(CC)[C@H](C)O4)O3)O2)[C@H](C)C[C@@H]1C.[Na+]. The number of aliphatic hydroxyl groups excluding tert-OH is 1. The third-order valence-electron chi connectivity index (χ3n) is 16.0. The number of hydrogen-bond donors (Lipinski definition) is 3. The van der Waals surface area contributed by atoms with E-state index >= 15 is 0 Å². The second-order valence-electron chi connectivity index (χ2n) is 20.2. The van der Waals surface area contributed by atoms with E-state index in [1.165, 1.54) is 6.08 Å². The van der Waals surface area contributed by atoms with Crippen molar-refractivity contribution in [2.75, 3.05) is 0 Å². The zero-order chi connectivity index (χ0) is 46.1. The molecule has 64 heavy (non-hydrogen) atoms. The van der Waals surface area contributed by atoms with Crippen molar-refractivity contribution in [2.24, 2.45) is 41.4 Å².